The highest BCUT2D eigenvalue weighted by Crippen LogP contribution is 2.24. The molecule has 6 heteroatoms. The van der Waals surface area contributed by atoms with Gasteiger partial charge in [-0.2, -0.15) is 0 Å². The van der Waals surface area contributed by atoms with Crippen LogP contribution in [0.1, 0.15) is 37.7 Å². The van der Waals surface area contributed by atoms with Crippen molar-refractivity contribution in [1.29, 1.82) is 0 Å². The summed E-state index contributed by atoms with van der Waals surface area (Å²) >= 11 is 0. The van der Waals surface area contributed by atoms with Crippen LogP contribution in [0.4, 0.5) is 5.69 Å². The van der Waals surface area contributed by atoms with Gasteiger partial charge in [0.05, 0.1) is 11.4 Å². The average molecular weight is 348 g/mol. The van der Waals surface area contributed by atoms with E-state index in [0.29, 0.717) is 18.7 Å². The summed E-state index contributed by atoms with van der Waals surface area (Å²) in [7, 11) is -3.14. The van der Waals surface area contributed by atoms with Crippen LogP contribution in [0, 0.1) is 0 Å². The molecule has 2 aliphatic rings. The van der Waals surface area contributed by atoms with Gasteiger partial charge < -0.3 is 4.90 Å². The number of anilines is 1. The van der Waals surface area contributed by atoms with Crippen LogP contribution in [0.25, 0.3) is 6.08 Å². The zero-order chi connectivity index (χ0) is 17.0. The molecule has 1 aromatic carbocycles. The topological polar surface area (TPSA) is 57.7 Å². The van der Waals surface area contributed by atoms with Gasteiger partial charge in [0.15, 0.2) is 0 Å². The molecule has 0 radical (unpaired) electrons. The van der Waals surface area contributed by atoms with Crippen molar-refractivity contribution in [3.63, 3.8) is 0 Å². The Morgan fingerprint density at radius 3 is 2.17 bits per heavy atom. The third kappa shape index (κ3) is 3.98. The zero-order valence-corrected chi connectivity index (χ0v) is 14.7. The van der Waals surface area contributed by atoms with Crippen LogP contribution < -0.4 is 4.31 Å². The minimum absolute atomic E-state index is 0.0584. The second-order valence-electron chi connectivity index (χ2n) is 6.41. The minimum atomic E-state index is -3.14. The van der Waals surface area contributed by atoms with E-state index in [4.69, 9.17) is 0 Å². The van der Waals surface area contributed by atoms with Crippen LogP contribution >= 0.6 is 0 Å². The lowest BCUT2D eigenvalue weighted by Gasteiger charge is -2.18. The Bertz CT molecular complexity index is 702. The Morgan fingerprint density at radius 1 is 0.917 bits per heavy atom. The molecule has 1 amide bonds. The van der Waals surface area contributed by atoms with E-state index < -0.39 is 10.0 Å². The highest BCUT2D eigenvalue weighted by Gasteiger charge is 2.28. The maximum absolute atomic E-state index is 12.2. The van der Waals surface area contributed by atoms with Gasteiger partial charge in [0.1, 0.15) is 0 Å². The molecular weight excluding hydrogens is 324 g/mol. The Hall–Kier alpha value is -1.82. The monoisotopic (exact) mass is 348 g/mol. The zero-order valence-electron chi connectivity index (χ0n) is 13.9. The predicted octanol–water partition coefficient (Wildman–Crippen LogP) is 2.64. The van der Waals surface area contributed by atoms with Crippen molar-refractivity contribution in [1.82, 2.24) is 4.90 Å². The fraction of sp³-hybridized carbons (Fsp3) is 0.500. The number of carbonyl (C=O) groups is 1. The smallest absolute Gasteiger partial charge is 0.246 e. The first kappa shape index (κ1) is 17.0. The van der Waals surface area contributed by atoms with Gasteiger partial charge in [0.25, 0.3) is 0 Å². The van der Waals surface area contributed by atoms with Crippen molar-refractivity contribution in [2.45, 2.75) is 32.1 Å². The summed E-state index contributed by atoms with van der Waals surface area (Å²) in [6.45, 7) is 2.23. The fourth-order valence-electron chi connectivity index (χ4n) is 3.25. The Morgan fingerprint density at radius 2 is 1.58 bits per heavy atom. The van der Waals surface area contributed by atoms with Gasteiger partial charge in [-0.25, -0.2) is 8.42 Å². The highest BCUT2D eigenvalue weighted by molar-refractivity contribution is 7.93. The van der Waals surface area contributed by atoms with Crippen LogP contribution in [0.3, 0.4) is 0 Å². The molecule has 5 nitrogen and oxygen atoms in total. The lowest BCUT2D eigenvalue weighted by Crippen LogP contribution is -2.30. The molecular formula is C18H24N2O3S. The lowest BCUT2D eigenvalue weighted by molar-refractivity contribution is -0.125. The molecule has 2 fully saturated rings. The van der Waals surface area contributed by atoms with E-state index in [-0.39, 0.29) is 11.7 Å². The number of nitrogens with zero attached hydrogens (tertiary/aromatic N) is 2. The van der Waals surface area contributed by atoms with E-state index in [1.54, 1.807) is 24.3 Å². The maximum Gasteiger partial charge on any atom is 0.246 e. The standard InChI is InChI=1S/C18H24N2O3S/c21-18(19-12-3-1-2-4-13-19)11-8-16-6-9-17(10-7-16)20-14-5-15-24(20,22)23/h6-11H,1-5,12-15H2/b11-8+. The lowest BCUT2D eigenvalue weighted by atomic mass is 10.2. The summed E-state index contributed by atoms with van der Waals surface area (Å²) in [6, 6.07) is 7.32. The van der Waals surface area contributed by atoms with Gasteiger partial charge >= 0.3 is 0 Å². The van der Waals surface area contributed by atoms with E-state index >= 15 is 0 Å². The Kier molecular flexibility index (Phi) is 5.23. The SMILES string of the molecule is O=C(/C=C/c1ccc(N2CCCS2(=O)=O)cc1)N1CCCCCC1. The minimum Gasteiger partial charge on any atom is -0.339 e. The number of carbonyl (C=O) groups excluding carboxylic acids is 1. The number of hydrogen-bond donors (Lipinski definition) is 0. The molecule has 2 aliphatic heterocycles. The quantitative estimate of drug-likeness (QED) is 0.789. The summed E-state index contributed by atoms with van der Waals surface area (Å²) < 4.78 is 25.3. The molecule has 0 N–H and O–H groups in total. The van der Waals surface area contributed by atoms with E-state index in [9.17, 15) is 13.2 Å². The van der Waals surface area contributed by atoms with E-state index in [1.165, 1.54) is 17.1 Å². The molecule has 0 bridgehead atoms. The van der Waals surface area contributed by atoms with E-state index in [0.717, 1.165) is 31.5 Å². The molecule has 3 rings (SSSR count). The van der Waals surface area contributed by atoms with Gasteiger partial charge in [0.2, 0.25) is 15.9 Å². The normalized spacial score (nSPS) is 21.2. The second-order valence-corrected chi connectivity index (χ2v) is 8.42. The van der Waals surface area contributed by atoms with Crippen molar-refractivity contribution in [3.05, 3.63) is 35.9 Å². The van der Waals surface area contributed by atoms with Crippen LogP contribution in [0.5, 0.6) is 0 Å². The number of sulfonamides is 1. The molecule has 0 spiro atoms. The molecule has 0 atom stereocenters. The first-order valence-corrected chi connectivity index (χ1v) is 10.2. The van der Waals surface area contributed by atoms with Gasteiger partial charge in [-0.05, 0) is 43.0 Å². The van der Waals surface area contributed by atoms with E-state index in [2.05, 4.69) is 0 Å². The number of hydrogen-bond acceptors (Lipinski definition) is 3. The van der Waals surface area contributed by atoms with Crippen molar-refractivity contribution in [2.24, 2.45) is 0 Å². The fourth-order valence-corrected chi connectivity index (χ4v) is 4.81. The predicted molar refractivity (Wildman–Crippen MR) is 96.3 cm³/mol. The Balaban J connectivity index is 1.64. The molecule has 0 saturated carbocycles. The van der Waals surface area contributed by atoms with Gasteiger partial charge in [-0.15, -0.1) is 0 Å². The van der Waals surface area contributed by atoms with Gasteiger partial charge in [0, 0.05) is 25.7 Å². The number of benzene rings is 1. The van der Waals surface area contributed by atoms with Gasteiger partial charge in [-0.3, -0.25) is 9.10 Å². The average Bonchev–Trinajstić information content (AvgIpc) is 2.79. The first-order chi connectivity index (χ1) is 11.6. The summed E-state index contributed by atoms with van der Waals surface area (Å²) in [5.41, 5.74) is 1.60. The largest absolute Gasteiger partial charge is 0.339 e. The van der Waals surface area contributed by atoms with Crippen LogP contribution in [-0.2, 0) is 14.8 Å². The van der Waals surface area contributed by atoms with Crippen LogP contribution in [0.15, 0.2) is 30.3 Å². The molecule has 0 aromatic heterocycles. The summed E-state index contributed by atoms with van der Waals surface area (Å²) in [6.07, 6.45) is 8.66. The number of amides is 1. The molecule has 0 aliphatic carbocycles. The summed E-state index contributed by atoms with van der Waals surface area (Å²) in [4.78, 5) is 14.1. The molecule has 1 aromatic rings. The highest BCUT2D eigenvalue weighted by atomic mass is 32.2. The molecule has 2 heterocycles. The van der Waals surface area contributed by atoms with Crippen molar-refractivity contribution >= 4 is 27.7 Å². The molecule has 130 valence electrons. The molecule has 2 saturated heterocycles. The number of likely N-dealkylation sites (tertiary alicyclic amines) is 1. The summed E-state index contributed by atoms with van der Waals surface area (Å²) in [5.74, 6) is 0.280. The maximum atomic E-state index is 12.2. The van der Waals surface area contributed by atoms with Crippen LogP contribution in [-0.4, -0.2) is 44.6 Å². The van der Waals surface area contributed by atoms with Gasteiger partial charge in [-0.1, -0.05) is 25.0 Å². The molecule has 0 unspecified atom stereocenters. The van der Waals surface area contributed by atoms with Crippen molar-refractivity contribution < 1.29 is 13.2 Å². The third-order valence-corrected chi connectivity index (χ3v) is 6.49. The van der Waals surface area contributed by atoms with E-state index in [1.807, 2.05) is 17.0 Å². The van der Waals surface area contributed by atoms with Crippen molar-refractivity contribution in [3.8, 4) is 0 Å². The number of rotatable bonds is 3. The summed E-state index contributed by atoms with van der Waals surface area (Å²) in [5, 5.41) is 0. The first-order valence-electron chi connectivity index (χ1n) is 8.64. The molecule has 24 heavy (non-hydrogen) atoms. The Labute approximate surface area is 144 Å². The van der Waals surface area contributed by atoms with Crippen molar-refractivity contribution in [2.75, 3.05) is 29.7 Å². The third-order valence-electron chi connectivity index (χ3n) is 4.62. The van der Waals surface area contributed by atoms with Crippen LogP contribution in [0.2, 0.25) is 0 Å². The second kappa shape index (κ2) is 7.38.